The minimum absolute atomic E-state index is 0.182. The Morgan fingerprint density at radius 1 is 0.696 bits per heavy atom. The molecule has 1 saturated heterocycles. The lowest BCUT2D eigenvalue weighted by Gasteiger charge is -2.27. The Morgan fingerprint density at radius 3 is 1.89 bits per heavy atom. The number of unbranched alkanes of at least 4 members (excludes halogenated alkanes) is 3. The lowest BCUT2D eigenvalue weighted by atomic mass is 9.87. The molecule has 4 N–H and O–H groups in total. The monoisotopic (exact) mass is 626 g/mol. The van der Waals surface area contributed by atoms with Crippen LogP contribution in [0.1, 0.15) is 75.6 Å². The Labute approximate surface area is 278 Å². The van der Waals surface area contributed by atoms with Gasteiger partial charge in [-0.3, -0.25) is 9.80 Å². The van der Waals surface area contributed by atoms with Crippen molar-refractivity contribution in [3.8, 4) is 0 Å². The van der Waals surface area contributed by atoms with Crippen molar-refractivity contribution in [1.29, 1.82) is 0 Å². The third kappa shape index (κ3) is 12.5. The van der Waals surface area contributed by atoms with Gasteiger partial charge in [-0.1, -0.05) is 102 Å². The summed E-state index contributed by atoms with van der Waals surface area (Å²) in [4.78, 5) is 18.0. The molecule has 7 nitrogen and oxygen atoms in total. The maximum absolute atomic E-state index is 12.9. The highest BCUT2D eigenvalue weighted by molar-refractivity contribution is 6.00. The molecule has 2 amide bonds. The first-order chi connectivity index (χ1) is 22.3. The van der Waals surface area contributed by atoms with Crippen LogP contribution < -0.4 is 21.3 Å². The second kappa shape index (κ2) is 18.8. The maximum Gasteiger partial charge on any atom is 0.323 e. The number of hydrogen-bond donors (Lipinski definition) is 4. The topological polar surface area (TPSA) is 71.7 Å². The highest BCUT2D eigenvalue weighted by Gasteiger charge is 2.15. The Kier molecular flexibility index (Phi) is 14.6. The van der Waals surface area contributed by atoms with Crippen LogP contribution in [0.2, 0.25) is 0 Å². The van der Waals surface area contributed by atoms with Crippen LogP contribution in [-0.2, 0) is 24.9 Å². The summed E-state index contributed by atoms with van der Waals surface area (Å²) >= 11 is 0. The molecular weight excluding hydrogens is 568 g/mol. The Hall–Kier alpha value is -3.23. The van der Waals surface area contributed by atoms with E-state index in [9.17, 15) is 4.79 Å². The summed E-state index contributed by atoms with van der Waals surface area (Å²) in [6, 6.07) is 25.3. The van der Waals surface area contributed by atoms with Crippen LogP contribution in [-0.4, -0.2) is 68.2 Å². The van der Waals surface area contributed by atoms with Crippen molar-refractivity contribution in [3.05, 3.63) is 95.1 Å². The standard InChI is InChI=1S/C39H58N6O/c1-5-6-7-8-11-32-16-20-36(21-17-32)42-38(46)43-37-13-10-9-12-34(37)31-45-28-24-40-22-26-44(27-23-41-25-29-45)30-33-14-18-35(19-15-33)39(2,3)4/h9-10,12-21,40-41H,5-8,11,22-31H2,1-4H3,(H2,42,43,46). The van der Waals surface area contributed by atoms with Crippen molar-refractivity contribution in [3.63, 3.8) is 0 Å². The van der Waals surface area contributed by atoms with E-state index in [2.05, 4.69) is 107 Å². The predicted molar refractivity (Wildman–Crippen MR) is 195 cm³/mol. The fraction of sp³-hybridized carbons (Fsp3) is 0.513. The molecule has 0 spiro atoms. The molecule has 0 aliphatic carbocycles. The number of nitrogens with zero attached hydrogens (tertiary/aromatic N) is 2. The minimum Gasteiger partial charge on any atom is -0.314 e. The van der Waals surface area contributed by atoms with Crippen molar-refractivity contribution < 1.29 is 4.79 Å². The number of amides is 2. The maximum atomic E-state index is 12.9. The van der Waals surface area contributed by atoms with Crippen LogP contribution in [0.5, 0.6) is 0 Å². The highest BCUT2D eigenvalue weighted by Crippen LogP contribution is 2.23. The normalized spacial score (nSPS) is 15.9. The molecule has 3 aromatic carbocycles. The Bertz CT molecular complexity index is 1290. The van der Waals surface area contributed by atoms with Crippen molar-refractivity contribution in [1.82, 2.24) is 20.4 Å². The molecule has 250 valence electrons. The first-order valence-electron chi connectivity index (χ1n) is 17.5. The molecule has 0 atom stereocenters. The van der Waals surface area contributed by atoms with Crippen LogP contribution in [0.3, 0.4) is 0 Å². The van der Waals surface area contributed by atoms with E-state index >= 15 is 0 Å². The zero-order chi connectivity index (χ0) is 32.6. The molecular formula is C39H58N6O. The van der Waals surface area contributed by atoms with Crippen LogP contribution in [0.25, 0.3) is 0 Å². The van der Waals surface area contributed by atoms with Gasteiger partial charge in [0.15, 0.2) is 0 Å². The van der Waals surface area contributed by atoms with Gasteiger partial charge < -0.3 is 21.3 Å². The van der Waals surface area contributed by atoms with Gasteiger partial charge in [-0.15, -0.1) is 0 Å². The molecule has 0 saturated carbocycles. The van der Waals surface area contributed by atoms with E-state index in [-0.39, 0.29) is 11.4 Å². The van der Waals surface area contributed by atoms with Gasteiger partial charge in [-0.25, -0.2) is 4.79 Å². The number of aryl methyl sites for hydroxylation is 1. The van der Waals surface area contributed by atoms with E-state index in [0.717, 1.165) is 88.8 Å². The summed E-state index contributed by atoms with van der Waals surface area (Å²) in [5.41, 5.74) is 7.04. The quantitative estimate of drug-likeness (QED) is 0.169. The molecule has 1 aliphatic heterocycles. The molecule has 1 heterocycles. The van der Waals surface area contributed by atoms with Gasteiger partial charge in [0.25, 0.3) is 0 Å². The van der Waals surface area contributed by atoms with Crippen LogP contribution in [0.15, 0.2) is 72.8 Å². The summed E-state index contributed by atoms with van der Waals surface area (Å²) in [5, 5.41) is 13.5. The summed E-state index contributed by atoms with van der Waals surface area (Å²) in [7, 11) is 0. The lowest BCUT2D eigenvalue weighted by molar-refractivity contribution is 0.233. The van der Waals surface area contributed by atoms with Gasteiger partial charge in [0, 0.05) is 76.8 Å². The van der Waals surface area contributed by atoms with Crippen molar-refractivity contribution >= 4 is 17.4 Å². The number of carbonyl (C=O) groups excluding carboxylic acids is 1. The smallest absolute Gasteiger partial charge is 0.314 e. The molecule has 1 aliphatic rings. The van der Waals surface area contributed by atoms with Gasteiger partial charge in [0.05, 0.1) is 0 Å². The zero-order valence-electron chi connectivity index (χ0n) is 28.8. The SMILES string of the molecule is CCCCCCc1ccc(NC(=O)Nc2ccccc2CN2CCNCCN(Cc3ccc(C(C)(C)C)cc3)CCNCC2)cc1. The second-order valence-electron chi connectivity index (χ2n) is 13.7. The van der Waals surface area contributed by atoms with E-state index in [1.165, 1.54) is 42.4 Å². The molecule has 0 aromatic heterocycles. The Balaban J connectivity index is 1.24. The third-order valence-corrected chi connectivity index (χ3v) is 8.84. The molecule has 3 aromatic rings. The number of carbonyl (C=O) groups is 1. The molecule has 0 bridgehead atoms. The number of para-hydroxylation sites is 1. The number of nitrogens with one attached hydrogen (secondary N) is 4. The Morgan fingerprint density at radius 2 is 1.28 bits per heavy atom. The number of rotatable bonds is 11. The van der Waals surface area contributed by atoms with Crippen molar-refractivity contribution in [2.45, 2.75) is 78.3 Å². The van der Waals surface area contributed by atoms with E-state index in [1.54, 1.807) is 0 Å². The van der Waals surface area contributed by atoms with Gasteiger partial charge in [-0.2, -0.15) is 0 Å². The number of benzene rings is 3. The fourth-order valence-electron chi connectivity index (χ4n) is 5.92. The molecule has 0 radical (unpaired) electrons. The van der Waals surface area contributed by atoms with Gasteiger partial charge in [0.1, 0.15) is 0 Å². The summed E-state index contributed by atoms with van der Waals surface area (Å²) < 4.78 is 0. The fourth-order valence-corrected chi connectivity index (χ4v) is 5.92. The number of hydrogen-bond acceptors (Lipinski definition) is 5. The van der Waals surface area contributed by atoms with E-state index in [4.69, 9.17) is 0 Å². The van der Waals surface area contributed by atoms with Gasteiger partial charge in [0.2, 0.25) is 0 Å². The molecule has 46 heavy (non-hydrogen) atoms. The van der Waals surface area contributed by atoms with E-state index in [0.29, 0.717) is 0 Å². The lowest BCUT2D eigenvalue weighted by Crippen LogP contribution is -2.42. The second-order valence-corrected chi connectivity index (χ2v) is 13.7. The predicted octanol–water partition coefficient (Wildman–Crippen LogP) is 7.25. The largest absolute Gasteiger partial charge is 0.323 e. The van der Waals surface area contributed by atoms with Crippen LogP contribution in [0.4, 0.5) is 16.2 Å². The minimum atomic E-state index is -0.213. The van der Waals surface area contributed by atoms with Crippen molar-refractivity contribution in [2.75, 3.05) is 63.0 Å². The first kappa shape index (κ1) is 35.6. The van der Waals surface area contributed by atoms with E-state index in [1.807, 2.05) is 24.3 Å². The van der Waals surface area contributed by atoms with Crippen LogP contribution >= 0.6 is 0 Å². The van der Waals surface area contributed by atoms with E-state index < -0.39 is 0 Å². The van der Waals surface area contributed by atoms with Gasteiger partial charge in [-0.05, 0) is 58.7 Å². The average Bonchev–Trinajstić information content (AvgIpc) is 3.03. The molecule has 7 heteroatoms. The summed E-state index contributed by atoms with van der Waals surface area (Å²) in [6.07, 6.45) is 6.12. The number of anilines is 2. The van der Waals surface area contributed by atoms with Gasteiger partial charge >= 0.3 is 6.03 Å². The molecule has 1 fully saturated rings. The molecule has 0 unspecified atom stereocenters. The third-order valence-electron chi connectivity index (χ3n) is 8.84. The molecule has 4 rings (SSSR count). The summed E-state index contributed by atoms with van der Waals surface area (Å²) in [6.45, 7) is 18.5. The van der Waals surface area contributed by atoms with Crippen molar-refractivity contribution in [2.24, 2.45) is 0 Å². The summed E-state index contributed by atoms with van der Waals surface area (Å²) in [5.74, 6) is 0. The van der Waals surface area contributed by atoms with Crippen LogP contribution in [0, 0.1) is 0 Å². The number of urea groups is 1. The first-order valence-corrected chi connectivity index (χ1v) is 17.5. The highest BCUT2D eigenvalue weighted by atomic mass is 16.2. The average molecular weight is 627 g/mol. The zero-order valence-corrected chi connectivity index (χ0v) is 28.8.